The predicted molar refractivity (Wildman–Crippen MR) is 68.4 cm³/mol. The molecule has 1 unspecified atom stereocenters. The Morgan fingerprint density at radius 3 is 2.50 bits per heavy atom. The van der Waals surface area contributed by atoms with Crippen LogP contribution < -0.4 is 5.32 Å². The first-order valence-electron chi connectivity index (χ1n) is 6.85. The zero-order chi connectivity index (χ0) is 14.4. The second-order valence-corrected chi connectivity index (χ2v) is 5.78. The molecule has 1 aromatic carbocycles. The van der Waals surface area contributed by atoms with Crippen LogP contribution in [0.5, 0.6) is 0 Å². The summed E-state index contributed by atoms with van der Waals surface area (Å²) in [5.41, 5.74) is -1.01. The van der Waals surface area contributed by atoms with Gasteiger partial charge in [0.05, 0.1) is 5.56 Å². The van der Waals surface area contributed by atoms with Crippen molar-refractivity contribution < 1.29 is 18.0 Å². The van der Waals surface area contributed by atoms with Crippen molar-refractivity contribution in [1.29, 1.82) is 0 Å². The molecule has 5 heteroatoms. The number of hydrogen-bond donors (Lipinski definition) is 1. The van der Waals surface area contributed by atoms with E-state index in [1.54, 1.807) is 0 Å². The van der Waals surface area contributed by atoms with E-state index in [4.69, 9.17) is 0 Å². The first-order valence-corrected chi connectivity index (χ1v) is 6.85. The molecule has 2 nitrogen and oxygen atoms in total. The van der Waals surface area contributed by atoms with E-state index < -0.39 is 11.7 Å². The van der Waals surface area contributed by atoms with Gasteiger partial charge in [0.1, 0.15) is 0 Å². The third-order valence-electron chi connectivity index (χ3n) is 4.60. The maximum absolute atomic E-state index is 13.0. The van der Waals surface area contributed by atoms with Crippen LogP contribution in [0.2, 0.25) is 0 Å². The van der Waals surface area contributed by atoms with Gasteiger partial charge in [-0.1, -0.05) is 18.2 Å². The number of alkyl halides is 3. The summed E-state index contributed by atoms with van der Waals surface area (Å²) in [6.07, 6.45) is -1.96. The van der Waals surface area contributed by atoms with Crippen molar-refractivity contribution in [2.75, 3.05) is 13.1 Å². The van der Waals surface area contributed by atoms with Gasteiger partial charge in [0, 0.05) is 11.5 Å². The van der Waals surface area contributed by atoms with Crippen molar-refractivity contribution in [3.05, 3.63) is 35.4 Å². The van der Waals surface area contributed by atoms with Gasteiger partial charge in [-0.05, 0) is 43.8 Å². The van der Waals surface area contributed by atoms with Crippen LogP contribution in [-0.4, -0.2) is 18.9 Å². The number of rotatable bonds is 2. The number of carbonyl (C=O) groups excluding carboxylic acids is 1. The molecule has 1 aromatic rings. The van der Waals surface area contributed by atoms with Crippen LogP contribution in [0.1, 0.15) is 35.2 Å². The first-order chi connectivity index (χ1) is 9.44. The van der Waals surface area contributed by atoms with Crippen LogP contribution in [-0.2, 0) is 6.18 Å². The van der Waals surface area contributed by atoms with E-state index in [0.717, 1.165) is 38.4 Å². The summed E-state index contributed by atoms with van der Waals surface area (Å²) < 4.78 is 38.9. The fraction of sp³-hybridized carbons (Fsp3) is 0.533. The van der Waals surface area contributed by atoms with Crippen LogP contribution in [0.25, 0.3) is 0 Å². The molecule has 3 rings (SSSR count). The number of piperidine rings is 1. The normalized spacial score (nSPS) is 24.6. The molecular formula is C15H16F3NO. The molecule has 108 valence electrons. The molecule has 0 aromatic heterocycles. The Bertz CT molecular complexity index is 532. The van der Waals surface area contributed by atoms with Crippen molar-refractivity contribution in [2.45, 2.75) is 25.4 Å². The fourth-order valence-electron chi connectivity index (χ4n) is 3.33. The molecule has 1 atom stereocenters. The van der Waals surface area contributed by atoms with E-state index in [9.17, 15) is 18.0 Å². The topological polar surface area (TPSA) is 29.1 Å². The molecule has 2 aliphatic rings. The molecule has 0 amide bonds. The molecule has 20 heavy (non-hydrogen) atoms. The summed E-state index contributed by atoms with van der Waals surface area (Å²) in [6, 6.07) is 5.12. The number of benzene rings is 1. The second kappa shape index (κ2) is 4.58. The van der Waals surface area contributed by atoms with Crippen molar-refractivity contribution in [1.82, 2.24) is 5.32 Å². The number of hydrogen-bond acceptors (Lipinski definition) is 2. The lowest BCUT2D eigenvalue weighted by Crippen LogP contribution is -2.31. The molecule has 1 aliphatic carbocycles. The van der Waals surface area contributed by atoms with E-state index in [-0.39, 0.29) is 22.7 Å². The summed E-state index contributed by atoms with van der Waals surface area (Å²) >= 11 is 0. The minimum absolute atomic E-state index is 0.0406. The maximum atomic E-state index is 13.0. The number of ketones is 1. The Hall–Kier alpha value is -1.36. The van der Waals surface area contributed by atoms with E-state index in [1.807, 2.05) is 0 Å². The summed E-state index contributed by atoms with van der Waals surface area (Å²) in [4.78, 5) is 12.4. The van der Waals surface area contributed by atoms with E-state index >= 15 is 0 Å². The van der Waals surface area contributed by atoms with Crippen LogP contribution in [0.4, 0.5) is 13.2 Å². The summed E-state index contributed by atoms with van der Waals surface area (Å²) in [5, 5.41) is 3.22. The SMILES string of the molecule is O=C(c1ccccc1C(F)(F)F)C1CC12CCNCC2. The van der Waals surface area contributed by atoms with Gasteiger partial charge >= 0.3 is 6.18 Å². The number of halogens is 3. The minimum Gasteiger partial charge on any atom is -0.317 e. The standard InChI is InChI=1S/C15H16F3NO/c16-15(17,18)11-4-2-1-3-10(11)13(20)12-9-14(12)5-7-19-8-6-14/h1-4,12,19H,5-9H2. The van der Waals surface area contributed by atoms with Gasteiger partial charge in [-0.2, -0.15) is 13.2 Å². The molecular weight excluding hydrogens is 267 g/mol. The zero-order valence-corrected chi connectivity index (χ0v) is 11.0. The van der Waals surface area contributed by atoms with E-state index in [1.165, 1.54) is 18.2 Å². The van der Waals surface area contributed by atoms with Gasteiger partial charge in [-0.25, -0.2) is 0 Å². The number of carbonyl (C=O) groups is 1. The van der Waals surface area contributed by atoms with Crippen LogP contribution >= 0.6 is 0 Å². The lowest BCUT2D eigenvalue weighted by Gasteiger charge is -2.23. The average molecular weight is 283 g/mol. The molecule has 1 saturated heterocycles. The van der Waals surface area contributed by atoms with Crippen LogP contribution in [0.3, 0.4) is 0 Å². The first kappa shape index (κ1) is 13.6. The second-order valence-electron chi connectivity index (χ2n) is 5.78. The van der Waals surface area contributed by atoms with Gasteiger partial charge in [-0.15, -0.1) is 0 Å². The Kier molecular flexibility index (Phi) is 3.12. The lowest BCUT2D eigenvalue weighted by molar-refractivity contribution is -0.137. The van der Waals surface area contributed by atoms with Crippen molar-refractivity contribution in [2.24, 2.45) is 11.3 Å². The third-order valence-corrected chi connectivity index (χ3v) is 4.60. The summed E-state index contributed by atoms with van der Waals surface area (Å²) in [6.45, 7) is 1.70. The Balaban J connectivity index is 1.86. The molecule has 1 spiro atoms. The fourth-order valence-corrected chi connectivity index (χ4v) is 3.33. The van der Waals surface area contributed by atoms with Gasteiger partial charge in [-0.3, -0.25) is 4.79 Å². The van der Waals surface area contributed by atoms with Crippen molar-refractivity contribution >= 4 is 5.78 Å². The van der Waals surface area contributed by atoms with Gasteiger partial charge < -0.3 is 5.32 Å². The van der Waals surface area contributed by atoms with Crippen LogP contribution in [0, 0.1) is 11.3 Å². The monoisotopic (exact) mass is 283 g/mol. The third kappa shape index (κ3) is 2.24. The molecule has 1 N–H and O–H groups in total. The van der Waals surface area contributed by atoms with Crippen molar-refractivity contribution in [3.63, 3.8) is 0 Å². The smallest absolute Gasteiger partial charge is 0.317 e. The molecule has 1 heterocycles. The van der Waals surface area contributed by atoms with E-state index in [0.29, 0.717) is 0 Å². The van der Waals surface area contributed by atoms with Gasteiger partial charge in [0.2, 0.25) is 0 Å². The molecule has 1 saturated carbocycles. The van der Waals surface area contributed by atoms with Crippen molar-refractivity contribution in [3.8, 4) is 0 Å². The average Bonchev–Trinajstić information content (AvgIpc) is 3.11. The summed E-state index contributed by atoms with van der Waals surface area (Å²) in [7, 11) is 0. The predicted octanol–water partition coefficient (Wildman–Crippen LogP) is 3.28. The Morgan fingerprint density at radius 2 is 1.85 bits per heavy atom. The summed E-state index contributed by atoms with van der Waals surface area (Å²) in [5.74, 6) is -0.562. The number of nitrogens with one attached hydrogen (secondary N) is 1. The molecule has 1 aliphatic heterocycles. The number of Topliss-reactive ketones (excluding diaryl/α,β-unsaturated/α-hetero) is 1. The highest BCUT2D eigenvalue weighted by Gasteiger charge is 2.58. The van der Waals surface area contributed by atoms with Gasteiger partial charge in [0.15, 0.2) is 5.78 Å². The highest BCUT2D eigenvalue weighted by Crippen LogP contribution is 2.60. The molecule has 2 fully saturated rings. The highest BCUT2D eigenvalue weighted by molar-refractivity contribution is 6.01. The Morgan fingerprint density at radius 1 is 1.20 bits per heavy atom. The Labute approximate surface area is 115 Å². The largest absolute Gasteiger partial charge is 0.417 e. The van der Waals surface area contributed by atoms with E-state index in [2.05, 4.69) is 5.32 Å². The maximum Gasteiger partial charge on any atom is 0.417 e. The molecule has 0 bridgehead atoms. The lowest BCUT2D eigenvalue weighted by atomic mass is 9.88. The molecule has 0 radical (unpaired) electrons. The highest BCUT2D eigenvalue weighted by atomic mass is 19.4. The zero-order valence-electron chi connectivity index (χ0n) is 11.0. The van der Waals surface area contributed by atoms with Gasteiger partial charge in [0.25, 0.3) is 0 Å². The quantitative estimate of drug-likeness (QED) is 0.844. The van der Waals surface area contributed by atoms with Crippen LogP contribution in [0.15, 0.2) is 24.3 Å². The minimum atomic E-state index is -4.47.